The van der Waals surface area contributed by atoms with E-state index in [4.69, 9.17) is 21.3 Å². The van der Waals surface area contributed by atoms with E-state index in [1.54, 1.807) is 0 Å². The number of rotatable bonds is 2. The Morgan fingerprint density at radius 2 is 2.25 bits per heavy atom. The van der Waals surface area contributed by atoms with Gasteiger partial charge >= 0.3 is 5.97 Å². The van der Waals surface area contributed by atoms with Crippen molar-refractivity contribution >= 4 is 5.97 Å². The number of carboxylic acids is 1. The van der Waals surface area contributed by atoms with Gasteiger partial charge in [0.2, 0.25) is 0 Å². The summed E-state index contributed by atoms with van der Waals surface area (Å²) in [7, 11) is 0. The van der Waals surface area contributed by atoms with Gasteiger partial charge in [-0.15, -0.1) is 0 Å². The lowest BCUT2D eigenvalue weighted by molar-refractivity contribution is -0.143. The van der Waals surface area contributed by atoms with Crippen LogP contribution < -0.4 is 11.5 Å². The van der Waals surface area contributed by atoms with E-state index in [1.807, 2.05) is 0 Å². The minimum atomic E-state index is -1.02. The largest absolute Gasteiger partial charge is 0.480 e. The van der Waals surface area contributed by atoms with E-state index in [0.29, 0.717) is 13.0 Å². The molecule has 1 aliphatic rings. The Balaban J connectivity index is 2.39. The molecule has 5 N–H and O–H groups in total. The summed E-state index contributed by atoms with van der Waals surface area (Å²) < 4.78 is 5.18. The van der Waals surface area contributed by atoms with E-state index in [9.17, 15) is 4.79 Å². The van der Waals surface area contributed by atoms with Crippen molar-refractivity contribution in [3.63, 3.8) is 0 Å². The van der Waals surface area contributed by atoms with Crippen LogP contribution in [0.15, 0.2) is 0 Å². The number of aliphatic carboxylic acids is 1. The van der Waals surface area contributed by atoms with Gasteiger partial charge in [0.1, 0.15) is 6.04 Å². The third-order valence-electron chi connectivity index (χ3n) is 2.03. The van der Waals surface area contributed by atoms with Crippen LogP contribution in [0.2, 0.25) is 0 Å². The van der Waals surface area contributed by atoms with E-state index in [0.717, 1.165) is 6.42 Å². The molecule has 0 amide bonds. The summed E-state index contributed by atoms with van der Waals surface area (Å²) in [4.78, 5) is 10.4. The van der Waals surface area contributed by atoms with Crippen molar-refractivity contribution < 1.29 is 14.6 Å². The molecule has 1 fully saturated rings. The Kier molecular flexibility index (Phi) is 3.02. The number of carboxylic acid groups (broad SMARTS) is 1. The lowest BCUT2D eigenvalue weighted by Crippen LogP contribution is -2.48. The van der Waals surface area contributed by atoms with Crippen molar-refractivity contribution in [2.45, 2.75) is 31.0 Å². The molecular weight excluding hydrogens is 160 g/mol. The maximum Gasteiger partial charge on any atom is 0.323 e. The third-order valence-corrected chi connectivity index (χ3v) is 2.03. The van der Waals surface area contributed by atoms with Crippen LogP contribution in [0.3, 0.4) is 0 Å². The second-order valence-electron chi connectivity index (χ2n) is 3.07. The average molecular weight is 174 g/mol. The minimum absolute atomic E-state index is 0.0299. The summed E-state index contributed by atoms with van der Waals surface area (Å²) in [6.45, 7) is 0.408. The second-order valence-corrected chi connectivity index (χ2v) is 3.07. The van der Waals surface area contributed by atoms with E-state index < -0.39 is 12.0 Å². The molecule has 3 atom stereocenters. The lowest BCUT2D eigenvalue weighted by atomic mass is 10.0. The molecule has 1 saturated heterocycles. The summed E-state index contributed by atoms with van der Waals surface area (Å²) in [6, 6.07) is -0.889. The molecule has 0 radical (unpaired) electrons. The minimum Gasteiger partial charge on any atom is -0.480 e. The topological polar surface area (TPSA) is 98.6 Å². The molecule has 1 aliphatic heterocycles. The van der Waals surface area contributed by atoms with Gasteiger partial charge in [-0.3, -0.25) is 4.79 Å². The zero-order chi connectivity index (χ0) is 9.14. The van der Waals surface area contributed by atoms with Crippen LogP contribution in [0.25, 0.3) is 0 Å². The monoisotopic (exact) mass is 174 g/mol. The Hall–Kier alpha value is -0.650. The first-order valence-corrected chi connectivity index (χ1v) is 3.97. The Morgan fingerprint density at radius 1 is 1.58 bits per heavy atom. The van der Waals surface area contributed by atoms with Crippen LogP contribution >= 0.6 is 0 Å². The fourth-order valence-electron chi connectivity index (χ4n) is 1.23. The second kappa shape index (κ2) is 3.84. The van der Waals surface area contributed by atoms with Gasteiger partial charge in [0.15, 0.2) is 0 Å². The fourth-order valence-corrected chi connectivity index (χ4v) is 1.23. The number of carbonyl (C=O) groups is 1. The maximum absolute atomic E-state index is 10.4. The molecule has 0 aromatic carbocycles. The standard InChI is InChI=1S/C7H14N2O3/c8-4-1-2-5(12-3-4)6(9)7(10)11/h4-6H,1-3,8-9H2,(H,10,11). The van der Waals surface area contributed by atoms with Gasteiger partial charge in [0.25, 0.3) is 0 Å². The van der Waals surface area contributed by atoms with Crippen molar-refractivity contribution in [1.82, 2.24) is 0 Å². The van der Waals surface area contributed by atoms with Gasteiger partial charge in [0, 0.05) is 6.04 Å². The molecule has 0 spiro atoms. The number of hydrogen-bond donors (Lipinski definition) is 3. The summed E-state index contributed by atoms with van der Waals surface area (Å²) in [6.07, 6.45) is 1.04. The number of hydrogen-bond acceptors (Lipinski definition) is 4. The van der Waals surface area contributed by atoms with Crippen LogP contribution in [0.1, 0.15) is 12.8 Å². The molecular formula is C7H14N2O3. The smallest absolute Gasteiger partial charge is 0.323 e. The predicted octanol–water partition coefficient (Wildman–Crippen LogP) is -1.10. The van der Waals surface area contributed by atoms with Crippen molar-refractivity contribution in [1.29, 1.82) is 0 Å². The summed E-state index contributed by atoms with van der Waals surface area (Å²) in [5, 5.41) is 8.56. The molecule has 0 saturated carbocycles. The van der Waals surface area contributed by atoms with Gasteiger partial charge in [-0.25, -0.2) is 0 Å². The van der Waals surface area contributed by atoms with Crippen LogP contribution in [0, 0.1) is 0 Å². The van der Waals surface area contributed by atoms with Crippen LogP contribution in [0.5, 0.6) is 0 Å². The highest BCUT2D eigenvalue weighted by Gasteiger charge is 2.28. The fraction of sp³-hybridized carbons (Fsp3) is 0.857. The Labute approximate surface area is 70.7 Å². The normalized spacial score (nSPS) is 32.8. The van der Waals surface area contributed by atoms with Gasteiger partial charge in [-0.05, 0) is 12.8 Å². The highest BCUT2D eigenvalue weighted by Crippen LogP contribution is 2.14. The molecule has 0 aromatic rings. The summed E-state index contributed by atoms with van der Waals surface area (Å²) in [5.74, 6) is -1.02. The molecule has 12 heavy (non-hydrogen) atoms. The van der Waals surface area contributed by atoms with Crippen LogP contribution in [0.4, 0.5) is 0 Å². The SMILES string of the molecule is NC1CCC(C(N)C(=O)O)OC1. The molecule has 1 rings (SSSR count). The predicted molar refractivity (Wildman–Crippen MR) is 42.6 cm³/mol. The molecule has 5 heteroatoms. The number of nitrogens with two attached hydrogens (primary N) is 2. The van der Waals surface area contributed by atoms with Gasteiger partial charge in [-0.2, -0.15) is 0 Å². The molecule has 0 bridgehead atoms. The molecule has 70 valence electrons. The Bertz CT molecular complexity index is 166. The zero-order valence-corrected chi connectivity index (χ0v) is 6.77. The quantitative estimate of drug-likeness (QED) is 0.493. The van der Waals surface area contributed by atoms with Crippen molar-refractivity contribution in [3.05, 3.63) is 0 Å². The number of ether oxygens (including phenoxy) is 1. The van der Waals surface area contributed by atoms with Gasteiger partial charge in [-0.1, -0.05) is 0 Å². The van der Waals surface area contributed by atoms with E-state index in [1.165, 1.54) is 0 Å². The Morgan fingerprint density at radius 3 is 2.67 bits per heavy atom. The molecule has 5 nitrogen and oxygen atoms in total. The molecule has 1 heterocycles. The first kappa shape index (κ1) is 9.44. The first-order chi connectivity index (χ1) is 5.61. The molecule has 3 unspecified atom stereocenters. The van der Waals surface area contributed by atoms with Crippen molar-refractivity contribution in [3.8, 4) is 0 Å². The van der Waals surface area contributed by atoms with E-state index >= 15 is 0 Å². The van der Waals surface area contributed by atoms with Gasteiger partial charge < -0.3 is 21.3 Å². The third kappa shape index (κ3) is 2.17. The van der Waals surface area contributed by atoms with E-state index in [-0.39, 0.29) is 12.1 Å². The van der Waals surface area contributed by atoms with E-state index in [2.05, 4.69) is 0 Å². The average Bonchev–Trinajstić information content (AvgIpc) is 2.04. The van der Waals surface area contributed by atoms with Crippen LogP contribution in [-0.4, -0.2) is 35.9 Å². The van der Waals surface area contributed by atoms with Crippen molar-refractivity contribution in [2.75, 3.05) is 6.61 Å². The highest BCUT2D eigenvalue weighted by molar-refractivity contribution is 5.73. The maximum atomic E-state index is 10.4. The highest BCUT2D eigenvalue weighted by atomic mass is 16.5. The first-order valence-electron chi connectivity index (χ1n) is 3.97. The lowest BCUT2D eigenvalue weighted by Gasteiger charge is -2.28. The van der Waals surface area contributed by atoms with Crippen molar-refractivity contribution in [2.24, 2.45) is 11.5 Å². The summed E-state index contributed by atoms with van der Waals surface area (Å²) in [5.41, 5.74) is 10.9. The zero-order valence-electron chi connectivity index (χ0n) is 6.77. The molecule has 0 aliphatic carbocycles. The van der Waals surface area contributed by atoms with Gasteiger partial charge in [0.05, 0.1) is 12.7 Å². The van der Waals surface area contributed by atoms with Crippen LogP contribution in [-0.2, 0) is 9.53 Å². The molecule has 0 aromatic heterocycles. The summed E-state index contributed by atoms with van der Waals surface area (Å²) >= 11 is 0.